The molecule has 0 aromatic heterocycles. The zero-order valence-electron chi connectivity index (χ0n) is 6.06. The number of nitrogens with zero attached hydrogens (tertiary/aromatic N) is 1. The summed E-state index contributed by atoms with van der Waals surface area (Å²) in [5.74, 6) is 0.799. The summed E-state index contributed by atoms with van der Waals surface area (Å²) in [6.07, 6.45) is 3.54. The van der Waals surface area contributed by atoms with Gasteiger partial charge in [-0.25, -0.2) is 0 Å². The van der Waals surface area contributed by atoms with Crippen LogP contribution in [0.25, 0.3) is 0 Å². The molecule has 1 saturated heterocycles. The third-order valence-corrected chi connectivity index (χ3v) is 2.84. The van der Waals surface area contributed by atoms with Crippen LogP contribution in [0.3, 0.4) is 0 Å². The maximum atomic E-state index is 8.88. The standard InChI is InChI=1S/C8H12N2/c9-5-8-2-1-7(3-8)4-10-6-8/h7,10H,1-4,6H2. The molecule has 2 heteroatoms. The van der Waals surface area contributed by atoms with Gasteiger partial charge in [0.2, 0.25) is 0 Å². The quantitative estimate of drug-likeness (QED) is 0.537. The average Bonchev–Trinajstić information content (AvgIpc) is 2.29. The lowest BCUT2D eigenvalue weighted by molar-refractivity contribution is 0.306. The molecule has 2 nitrogen and oxygen atoms in total. The van der Waals surface area contributed by atoms with Gasteiger partial charge in [0, 0.05) is 6.54 Å². The Morgan fingerprint density at radius 3 is 3.20 bits per heavy atom. The Morgan fingerprint density at radius 2 is 2.50 bits per heavy atom. The number of hydrogen-bond donors (Lipinski definition) is 1. The van der Waals surface area contributed by atoms with Gasteiger partial charge in [-0.1, -0.05) is 0 Å². The predicted molar refractivity (Wildman–Crippen MR) is 38.3 cm³/mol. The Morgan fingerprint density at radius 1 is 1.60 bits per heavy atom. The largest absolute Gasteiger partial charge is 0.315 e. The van der Waals surface area contributed by atoms with E-state index in [0.29, 0.717) is 0 Å². The SMILES string of the molecule is N#CC12CCC(CNC1)C2. The van der Waals surface area contributed by atoms with Crippen LogP contribution in [0.15, 0.2) is 0 Å². The van der Waals surface area contributed by atoms with Gasteiger partial charge >= 0.3 is 0 Å². The summed E-state index contributed by atoms with van der Waals surface area (Å²) in [4.78, 5) is 0. The van der Waals surface area contributed by atoms with E-state index in [2.05, 4.69) is 11.4 Å². The minimum Gasteiger partial charge on any atom is -0.315 e. The highest BCUT2D eigenvalue weighted by atomic mass is 14.9. The van der Waals surface area contributed by atoms with Crippen LogP contribution in [0.4, 0.5) is 0 Å². The first-order chi connectivity index (χ1) is 4.85. The van der Waals surface area contributed by atoms with Crippen LogP contribution < -0.4 is 5.32 Å². The molecule has 1 aliphatic heterocycles. The van der Waals surface area contributed by atoms with Crippen molar-refractivity contribution in [1.29, 1.82) is 5.26 Å². The zero-order chi connectivity index (χ0) is 7.03. The molecule has 1 aliphatic carbocycles. The van der Waals surface area contributed by atoms with Gasteiger partial charge in [0.05, 0.1) is 11.5 Å². The molecular weight excluding hydrogens is 124 g/mol. The fourth-order valence-corrected chi connectivity index (χ4v) is 2.23. The third-order valence-electron chi connectivity index (χ3n) is 2.84. The van der Waals surface area contributed by atoms with Gasteiger partial charge in [0.1, 0.15) is 0 Å². The Bertz CT molecular complexity index is 178. The first-order valence-corrected chi connectivity index (χ1v) is 3.97. The first kappa shape index (κ1) is 6.18. The van der Waals surface area contributed by atoms with Crippen LogP contribution in [0.5, 0.6) is 0 Å². The number of fused-ring (bicyclic) bond motifs is 2. The van der Waals surface area contributed by atoms with Crippen molar-refractivity contribution < 1.29 is 0 Å². The van der Waals surface area contributed by atoms with E-state index in [4.69, 9.17) is 5.26 Å². The highest BCUT2D eigenvalue weighted by Gasteiger charge is 2.41. The smallest absolute Gasteiger partial charge is 0.0703 e. The maximum Gasteiger partial charge on any atom is 0.0703 e. The van der Waals surface area contributed by atoms with Crippen LogP contribution in [0.1, 0.15) is 19.3 Å². The van der Waals surface area contributed by atoms with E-state index in [0.717, 1.165) is 31.8 Å². The fourth-order valence-electron chi connectivity index (χ4n) is 2.23. The van der Waals surface area contributed by atoms with Crippen molar-refractivity contribution in [2.24, 2.45) is 11.3 Å². The second-order valence-corrected chi connectivity index (χ2v) is 3.63. The second kappa shape index (κ2) is 1.96. The normalized spacial score (nSPS) is 44.9. The molecule has 1 N–H and O–H groups in total. The molecule has 2 rings (SSSR count). The number of hydrogen-bond acceptors (Lipinski definition) is 2. The summed E-state index contributed by atoms with van der Waals surface area (Å²) in [5.41, 5.74) is 0.0307. The monoisotopic (exact) mass is 136 g/mol. The van der Waals surface area contributed by atoms with E-state index >= 15 is 0 Å². The van der Waals surface area contributed by atoms with Crippen LogP contribution in [0.2, 0.25) is 0 Å². The second-order valence-electron chi connectivity index (χ2n) is 3.63. The molecule has 2 atom stereocenters. The highest BCUT2D eigenvalue weighted by Crippen LogP contribution is 2.42. The summed E-state index contributed by atoms with van der Waals surface area (Å²) in [7, 11) is 0. The number of rotatable bonds is 0. The van der Waals surface area contributed by atoms with Crippen LogP contribution in [-0.4, -0.2) is 13.1 Å². The molecule has 2 aliphatic rings. The summed E-state index contributed by atoms with van der Waals surface area (Å²) in [6.45, 7) is 2.07. The first-order valence-electron chi connectivity index (χ1n) is 3.97. The molecule has 1 saturated carbocycles. The molecule has 10 heavy (non-hydrogen) atoms. The lowest BCUT2D eigenvalue weighted by Crippen LogP contribution is -2.38. The Labute approximate surface area is 61.2 Å². The molecule has 2 bridgehead atoms. The lowest BCUT2D eigenvalue weighted by Gasteiger charge is -2.26. The Hall–Kier alpha value is -0.550. The van der Waals surface area contributed by atoms with E-state index in [1.807, 2.05) is 0 Å². The van der Waals surface area contributed by atoms with Crippen molar-refractivity contribution in [3.05, 3.63) is 0 Å². The summed E-state index contributed by atoms with van der Waals surface area (Å²) >= 11 is 0. The number of nitrogens with one attached hydrogen (secondary N) is 1. The topological polar surface area (TPSA) is 35.8 Å². The van der Waals surface area contributed by atoms with Crippen LogP contribution in [0, 0.1) is 22.7 Å². The molecule has 1 heterocycles. The molecule has 54 valence electrons. The summed E-state index contributed by atoms with van der Waals surface area (Å²) in [5, 5.41) is 12.2. The molecule has 2 fully saturated rings. The van der Waals surface area contributed by atoms with Gasteiger partial charge in [-0.05, 0) is 31.7 Å². The highest BCUT2D eigenvalue weighted by molar-refractivity contribution is 5.08. The molecular formula is C8H12N2. The van der Waals surface area contributed by atoms with Gasteiger partial charge in [0.15, 0.2) is 0 Å². The molecule has 2 unspecified atom stereocenters. The van der Waals surface area contributed by atoms with E-state index in [-0.39, 0.29) is 5.41 Å². The van der Waals surface area contributed by atoms with Gasteiger partial charge in [-0.15, -0.1) is 0 Å². The van der Waals surface area contributed by atoms with Crippen molar-refractivity contribution in [2.75, 3.05) is 13.1 Å². The summed E-state index contributed by atoms with van der Waals surface area (Å²) < 4.78 is 0. The molecule has 0 amide bonds. The fraction of sp³-hybridized carbons (Fsp3) is 0.875. The van der Waals surface area contributed by atoms with Crippen molar-refractivity contribution in [2.45, 2.75) is 19.3 Å². The van der Waals surface area contributed by atoms with Crippen molar-refractivity contribution in [1.82, 2.24) is 5.32 Å². The summed E-state index contributed by atoms with van der Waals surface area (Å²) in [6, 6.07) is 2.45. The maximum absolute atomic E-state index is 8.88. The molecule has 0 spiro atoms. The van der Waals surface area contributed by atoms with Gasteiger partial charge in [0.25, 0.3) is 0 Å². The van der Waals surface area contributed by atoms with Gasteiger partial charge < -0.3 is 5.32 Å². The zero-order valence-corrected chi connectivity index (χ0v) is 6.06. The average molecular weight is 136 g/mol. The van der Waals surface area contributed by atoms with E-state index in [1.165, 1.54) is 6.42 Å². The Balaban J connectivity index is 2.19. The minimum atomic E-state index is 0.0307. The van der Waals surface area contributed by atoms with Crippen molar-refractivity contribution in [3.8, 4) is 6.07 Å². The lowest BCUT2D eigenvalue weighted by atomic mass is 9.85. The van der Waals surface area contributed by atoms with Crippen molar-refractivity contribution >= 4 is 0 Å². The van der Waals surface area contributed by atoms with E-state index in [9.17, 15) is 0 Å². The predicted octanol–water partition coefficient (Wildman–Crippen LogP) is 0.900. The molecule has 0 aromatic carbocycles. The van der Waals surface area contributed by atoms with E-state index < -0.39 is 0 Å². The van der Waals surface area contributed by atoms with E-state index in [1.54, 1.807) is 0 Å². The van der Waals surface area contributed by atoms with Crippen LogP contribution in [-0.2, 0) is 0 Å². The molecule has 0 aromatic rings. The molecule has 0 radical (unpaired) electrons. The van der Waals surface area contributed by atoms with Crippen molar-refractivity contribution in [3.63, 3.8) is 0 Å². The van der Waals surface area contributed by atoms with Gasteiger partial charge in [-0.2, -0.15) is 5.26 Å². The third kappa shape index (κ3) is 0.741. The number of piperidine rings is 1. The minimum absolute atomic E-state index is 0.0307. The Kier molecular flexibility index (Phi) is 1.21. The van der Waals surface area contributed by atoms with Gasteiger partial charge in [-0.3, -0.25) is 0 Å². The van der Waals surface area contributed by atoms with Crippen LogP contribution >= 0.6 is 0 Å². The number of nitriles is 1.